The van der Waals surface area contributed by atoms with Crippen LogP contribution in [0, 0.1) is 4.77 Å². The molecule has 0 aliphatic carbocycles. The van der Waals surface area contributed by atoms with Crippen LogP contribution in [0.1, 0.15) is 35.2 Å². The van der Waals surface area contributed by atoms with Crippen LogP contribution in [0.3, 0.4) is 0 Å². The van der Waals surface area contributed by atoms with Crippen LogP contribution in [0.25, 0.3) is 10.9 Å². The summed E-state index contributed by atoms with van der Waals surface area (Å²) in [5.74, 6) is 0.0927. The molecular weight excluding hydrogens is 334 g/mol. The van der Waals surface area contributed by atoms with E-state index in [2.05, 4.69) is 34.3 Å². The number of rotatable bonds is 5. The Bertz CT molecular complexity index is 1010. The van der Waals surface area contributed by atoms with Gasteiger partial charge in [0.05, 0.1) is 10.9 Å². The lowest BCUT2D eigenvalue weighted by Crippen LogP contribution is -2.28. The molecule has 0 aliphatic heterocycles. The van der Waals surface area contributed by atoms with Crippen molar-refractivity contribution in [3.05, 3.63) is 74.8 Å². The third-order valence-electron chi connectivity index (χ3n) is 4.27. The minimum atomic E-state index is -0.263. The van der Waals surface area contributed by atoms with Gasteiger partial charge in [0.1, 0.15) is 0 Å². The van der Waals surface area contributed by atoms with E-state index in [-0.39, 0.29) is 22.2 Å². The van der Waals surface area contributed by atoms with Crippen molar-refractivity contribution in [2.45, 2.75) is 19.3 Å². The molecule has 2 aromatic carbocycles. The highest BCUT2D eigenvalue weighted by atomic mass is 32.1. The third kappa shape index (κ3) is 3.85. The van der Waals surface area contributed by atoms with Gasteiger partial charge in [0, 0.05) is 18.0 Å². The number of aromatic amines is 2. The summed E-state index contributed by atoms with van der Waals surface area (Å²) in [6.45, 7) is 2.66. The lowest BCUT2D eigenvalue weighted by atomic mass is 9.96. The van der Waals surface area contributed by atoms with Crippen LogP contribution in [-0.2, 0) is 0 Å². The molecule has 128 valence electrons. The Balaban J connectivity index is 1.78. The van der Waals surface area contributed by atoms with E-state index in [0.29, 0.717) is 23.0 Å². The Kier molecular flexibility index (Phi) is 5.09. The molecule has 1 unspecified atom stereocenters. The number of carbonyl (C=O) groups excluding carboxylic acids is 1. The predicted molar refractivity (Wildman–Crippen MR) is 102 cm³/mol. The molecule has 6 heteroatoms. The van der Waals surface area contributed by atoms with Gasteiger partial charge in [0.25, 0.3) is 11.5 Å². The van der Waals surface area contributed by atoms with Crippen molar-refractivity contribution >= 4 is 29.0 Å². The zero-order valence-corrected chi connectivity index (χ0v) is 14.7. The minimum Gasteiger partial charge on any atom is -0.351 e. The van der Waals surface area contributed by atoms with Gasteiger partial charge in [0.15, 0.2) is 4.77 Å². The molecule has 3 aromatic rings. The number of benzene rings is 2. The molecule has 0 spiro atoms. The van der Waals surface area contributed by atoms with Gasteiger partial charge in [-0.25, -0.2) is 0 Å². The number of nitrogens with one attached hydrogen (secondary N) is 3. The van der Waals surface area contributed by atoms with E-state index >= 15 is 0 Å². The lowest BCUT2D eigenvalue weighted by Gasteiger charge is -2.16. The van der Waals surface area contributed by atoms with Crippen LogP contribution in [0.2, 0.25) is 0 Å². The maximum Gasteiger partial charge on any atom is 0.259 e. The molecule has 25 heavy (non-hydrogen) atoms. The molecule has 1 aromatic heterocycles. The van der Waals surface area contributed by atoms with Crippen molar-refractivity contribution in [1.82, 2.24) is 15.3 Å². The smallest absolute Gasteiger partial charge is 0.259 e. The van der Waals surface area contributed by atoms with Crippen LogP contribution in [0.4, 0.5) is 0 Å². The largest absolute Gasteiger partial charge is 0.351 e. The van der Waals surface area contributed by atoms with Gasteiger partial charge >= 0.3 is 0 Å². The number of amides is 1. The van der Waals surface area contributed by atoms with Gasteiger partial charge in [-0.2, -0.15) is 0 Å². The number of H-pyrrole nitrogens is 2. The van der Waals surface area contributed by atoms with Gasteiger partial charge in [0.2, 0.25) is 0 Å². The zero-order valence-electron chi connectivity index (χ0n) is 13.8. The highest BCUT2D eigenvalue weighted by Gasteiger charge is 2.12. The van der Waals surface area contributed by atoms with Crippen molar-refractivity contribution in [1.29, 1.82) is 0 Å². The van der Waals surface area contributed by atoms with Crippen LogP contribution >= 0.6 is 12.2 Å². The molecule has 0 saturated carbocycles. The van der Waals surface area contributed by atoms with E-state index < -0.39 is 0 Å². The molecule has 3 N–H and O–H groups in total. The third-order valence-corrected chi connectivity index (χ3v) is 4.48. The molecule has 1 amide bonds. The highest BCUT2D eigenvalue weighted by molar-refractivity contribution is 7.71. The second-order valence-corrected chi connectivity index (χ2v) is 6.30. The summed E-state index contributed by atoms with van der Waals surface area (Å²) in [5.41, 5.74) is 1.99. The zero-order chi connectivity index (χ0) is 17.8. The second kappa shape index (κ2) is 7.44. The first-order chi connectivity index (χ1) is 12.1. The van der Waals surface area contributed by atoms with E-state index in [1.165, 1.54) is 5.56 Å². The fourth-order valence-corrected chi connectivity index (χ4v) is 3.05. The van der Waals surface area contributed by atoms with Crippen molar-refractivity contribution in [3.8, 4) is 0 Å². The summed E-state index contributed by atoms with van der Waals surface area (Å²) in [4.78, 5) is 29.8. The summed E-state index contributed by atoms with van der Waals surface area (Å²) in [5, 5.41) is 3.45. The van der Waals surface area contributed by atoms with Crippen LogP contribution in [-0.4, -0.2) is 22.4 Å². The average molecular weight is 353 g/mol. The molecule has 0 bridgehead atoms. The first-order valence-electron chi connectivity index (χ1n) is 8.18. The molecule has 1 heterocycles. The van der Waals surface area contributed by atoms with E-state index in [1.54, 1.807) is 18.2 Å². The van der Waals surface area contributed by atoms with Gasteiger partial charge in [-0.05, 0) is 42.4 Å². The molecule has 0 aliphatic rings. The first-order valence-corrected chi connectivity index (χ1v) is 8.59. The van der Waals surface area contributed by atoms with Crippen LogP contribution < -0.4 is 10.9 Å². The lowest BCUT2D eigenvalue weighted by molar-refractivity contribution is 0.0951. The summed E-state index contributed by atoms with van der Waals surface area (Å²) in [6.07, 6.45) is 0.935. The van der Waals surface area contributed by atoms with Crippen molar-refractivity contribution in [2.75, 3.05) is 6.54 Å². The molecule has 0 fully saturated rings. The molecule has 0 saturated heterocycles. The summed E-state index contributed by atoms with van der Waals surface area (Å²) in [7, 11) is 0. The normalized spacial score (nSPS) is 12.0. The summed E-state index contributed by atoms with van der Waals surface area (Å²) >= 11 is 4.98. The fraction of sp³-hybridized carbons (Fsp3) is 0.211. The van der Waals surface area contributed by atoms with Crippen LogP contribution in [0.15, 0.2) is 53.3 Å². The van der Waals surface area contributed by atoms with Gasteiger partial charge < -0.3 is 10.3 Å². The topological polar surface area (TPSA) is 77.8 Å². The Labute approximate surface area is 150 Å². The monoisotopic (exact) mass is 353 g/mol. The predicted octanol–water partition coefficient (Wildman–Crippen LogP) is 3.51. The first kappa shape index (κ1) is 17.1. The summed E-state index contributed by atoms with van der Waals surface area (Å²) < 4.78 is 0.241. The van der Waals surface area contributed by atoms with Crippen molar-refractivity contribution < 1.29 is 4.79 Å². The van der Waals surface area contributed by atoms with E-state index in [4.69, 9.17) is 12.2 Å². The fourth-order valence-electron chi connectivity index (χ4n) is 2.85. The van der Waals surface area contributed by atoms with Gasteiger partial charge in [-0.1, -0.05) is 37.3 Å². The molecule has 5 nitrogen and oxygen atoms in total. The standard InChI is InChI=1S/C19H19N3O2S/c1-2-12(13-6-4-3-5-7-13)11-20-17(23)14-8-9-15-16(10-14)21-19(25)22-18(15)24/h3-10,12H,2,11H2,1H3,(H,20,23)(H2,21,22,24,25). The maximum atomic E-state index is 12.5. The molecule has 3 rings (SSSR count). The number of aromatic nitrogens is 2. The second-order valence-electron chi connectivity index (χ2n) is 5.89. The minimum absolute atomic E-state index is 0.170. The Hall–Kier alpha value is -2.73. The average Bonchev–Trinajstić information content (AvgIpc) is 2.62. The van der Waals surface area contributed by atoms with E-state index in [0.717, 1.165) is 6.42 Å². The number of hydrogen-bond donors (Lipinski definition) is 3. The molecular formula is C19H19N3O2S. The number of hydrogen-bond acceptors (Lipinski definition) is 3. The highest BCUT2D eigenvalue weighted by Crippen LogP contribution is 2.18. The Morgan fingerprint density at radius 2 is 1.92 bits per heavy atom. The van der Waals surface area contributed by atoms with E-state index in [1.807, 2.05) is 18.2 Å². The van der Waals surface area contributed by atoms with Crippen LogP contribution in [0.5, 0.6) is 0 Å². The number of fused-ring (bicyclic) bond motifs is 1. The molecule has 0 radical (unpaired) electrons. The Morgan fingerprint density at radius 1 is 1.16 bits per heavy atom. The number of carbonyl (C=O) groups is 1. The summed E-state index contributed by atoms with van der Waals surface area (Å²) in [6, 6.07) is 15.1. The van der Waals surface area contributed by atoms with Crippen molar-refractivity contribution in [3.63, 3.8) is 0 Å². The SMILES string of the molecule is CCC(CNC(=O)c1ccc2c(=O)[nH]c(=S)[nH]c2c1)c1ccccc1. The quantitative estimate of drug-likeness (QED) is 0.614. The van der Waals surface area contributed by atoms with Gasteiger partial charge in [-0.3, -0.25) is 14.6 Å². The molecule has 1 atom stereocenters. The maximum absolute atomic E-state index is 12.5. The Morgan fingerprint density at radius 3 is 2.64 bits per heavy atom. The van der Waals surface area contributed by atoms with Gasteiger partial charge in [-0.15, -0.1) is 0 Å². The van der Waals surface area contributed by atoms with Crippen molar-refractivity contribution in [2.24, 2.45) is 0 Å². The van der Waals surface area contributed by atoms with E-state index in [9.17, 15) is 9.59 Å².